The molecule has 0 aromatic heterocycles. The molecule has 1 unspecified atom stereocenters. The Hall–Kier alpha value is -1.55. The largest absolute Gasteiger partial charge is 0.480 e. The van der Waals surface area contributed by atoms with Gasteiger partial charge in [-0.3, -0.25) is 10.1 Å². The van der Waals surface area contributed by atoms with Crippen molar-refractivity contribution < 1.29 is 9.90 Å². The van der Waals surface area contributed by atoms with Gasteiger partial charge in [0.15, 0.2) is 0 Å². The number of carboxylic acid groups (broad SMARTS) is 1. The molecule has 0 aliphatic rings. The molecule has 4 heteroatoms. The second kappa shape index (κ2) is 7.29. The molecule has 0 amide bonds. The van der Waals surface area contributed by atoms with Crippen LogP contribution >= 0.6 is 0 Å². The molecule has 1 aromatic rings. The minimum atomic E-state index is -0.892. The van der Waals surface area contributed by atoms with E-state index in [-0.39, 0.29) is 6.04 Å². The van der Waals surface area contributed by atoms with Gasteiger partial charge in [-0.2, -0.15) is 0 Å². The third-order valence-electron chi connectivity index (χ3n) is 3.46. The highest BCUT2D eigenvalue weighted by molar-refractivity contribution is 5.78. The van der Waals surface area contributed by atoms with E-state index in [9.17, 15) is 9.90 Å². The quantitative estimate of drug-likeness (QED) is 0.767. The number of benzene rings is 1. The van der Waals surface area contributed by atoms with Crippen molar-refractivity contribution in [3.8, 4) is 0 Å². The number of carboxylic acids is 1. The SMILES string of the molecule is CCN(CCC(C)(NC(C)C)C(=O)O)c1ccccc1. The van der Waals surface area contributed by atoms with E-state index in [1.54, 1.807) is 6.92 Å². The predicted molar refractivity (Wildman–Crippen MR) is 83.3 cm³/mol. The molecule has 0 aliphatic heterocycles. The fraction of sp³-hybridized carbons (Fsp3) is 0.562. The van der Waals surface area contributed by atoms with E-state index in [0.29, 0.717) is 13.0 Å². The van der Waals surface area contributed by atoms with Crippen LogP contribution < -0.4 is 10.2 Å². The van der Waals surface area contributed by atoms with Gasteiger partial charge in [0.25, 0.3) is 0 Å². The lowest BCUT2D eigenvalue weighted by molar-refractivity contribution is -0.144. The lowest BCUT2D eigenvalue weighted by Crippen LogP contribution is -2.54. The first-order chi connectivity index (χ1) is 9.39. The van der Waals surface area contributed by atoms with Crippen LogP contribution in [-0.4, -0.2) is 35.7 Å². The third kappa shape index (κ3) is 4.53. The number of hydrogen-bond acceptors (Lipinski definition) is 3. The van der Waals surface area contributed by atoms with Gasteiger partial charge in [-0.1, -0.05) is 18.2 Å². The van der Waals surface area contributed by atoms with Crippen LogP contribution in [0.1, 0.15) is 34.1 Å². The van der Waals surface area contributed by atoms with Gasteiger partial charge in [-0.25, -0.2) is 0 Å². The molecule has 0 radical (unpaired) electrons. The van der Waals surface area contributed by atoms with Crippen LogP contribution in [0.15, 0.2) is 30.3 Å². The molecule has 4 nitrogen and oxygen atoms in total. The van der Waals surface area contributed by atoms with Crippen molar-refractivity contribution in [3.05, 3.63) is 30.3 Å². The molecule has 0 heterocycles. The second-order valence-corrected chi connectivity index (χ2v) is 5.60. The van der Waals surface area contributed by atoms with Crippen molar-refractivity contribution in [1.82, 2.24) is 5.32 Å². The Bertz CT molecular complexity index is 420. The molecular weight excluding hydrogens is 252 g/mol. The van der Waals surface area contributed by atoms with Gasteiger partial charge >= 0.3 is 5.97 Å². The van der Waals surface area contributed by atoms with Crippen molar-refractivity contribution in [2.75, 3.05) is 18.0 Å². The van der Waals surface area contributed by atoms with Crippen LogP contribution in [0.5, 0.6) is 0 Å². The number of nitrogens with one attached hydrogen (secondary N) is 1. The fourth-order valence-electron chi connectivity index (χ4n) is 2.35. The number of nitrogens with zero attached hydrogens (tertiary/aromatic N) is 1. The molecule has 20 heavy (non-hydrogen) atoms. The maximum absolute atomic E-state index is 11.5. The molecule has 1 rings (SSSR count). The van der Waals surface area contributed by atoms with Crippen LogP contribution in [0.2, 0.25) is 0 Å². The summed E-state index contributed by atoms with van der Waals surface area (Å²) in [6.07, 6.45) is 0.559. The summed E-state index contributed by atoms with van der Waals surface area (Å²) in [7, 11) is 0. The van der Waals surface area contributed by atoms with Crippen LogP contribution in [0.25, 0.3) is 0 Å². The molecule has 1 aromatic carbocycles. The first-order valence-electron chi connectivity index (χ1n) is 7.20. The minimum Gasteiger partial charge on any atom is -0.480 e. The lowest BCUT2D eigenvalue weighted by Gasteiger charge is -2.32. The van der Waals surface area contributed by atoms with E-state index in [4.69, 9.17) is 0 Å². The zero-order valence-corrected chi connectivity index (χ0v) is 12.9. The highest BCUT2D eigenvalue weighted by Gasteiger charge is 2.33. The molecular formula is C16H26N2O2. The van der Waals surface area contributed by atoms with Crippen LogP contribution in [0.4, 0.5) is 5.69 Å². The Labute approximate surface area is 121 Å². The third-order valence-corrected chi connectivity index (χ3v) is 3.46. The topological polar surface area (TPSA) is 52.6 Å². The lowest BCUT2D eigenvalue weighted by atomic mass is 9.96. The molecule has 0 bridgehead atoms. The molecule has 0 aliphatic carbocycles. The number of carbonyl (C=O) groups is 1. The molecule has 2 N–H and O–H groups in total. The number of para-hydroxylation sites is 1. The van der Waals surface area contributed by atoms with Crippen LogP contribution in [0, 0.1) is 0 Å². The van der Waals surface area contributed by atoms with E-state index in [1.807, 2.05) is 32.0 Å². The number of hydrogen-bond donors (Lipinski definition) is 2. The van der Waals surface area contributed by atoms with E-state index < -0.39 is 11.5 Å². The predicted octanol–water partition coefficient (Wildman–Crippen LogP) is 2.74. The van der Waals surface area contributed by atoms with Crippen LogP contribution in [-0.2, 0) is 4.79 Å². The molecule has 1 atom stereocenters. The van der Waals surface area contributed by atoms with Crippen molar-refractivity contribution in [1.29, 1.82) is 0 Å². The van der Waals surface area contributed by atoms with Gasteiger partial charge in [-0.15, -0.1) is 0 Å². The van der Waals surface area contributed by atoms with Crippen molar-refractivity contribution in [2.24, 2.45) is 0 Å². The van der Waals surface area contributed by atoms with E-state index in [1.165, 1.54) is 0 Å². The first-order valence-corrected chi connectivity index (χ1v) is 7.20. The average molecular weight is 278 g/mol. The van der Waals surface area contributed by atoms with Gasteiger partial charge in [0.05, 0.1) is 0 Å². The summed E-state index contributed by atoms with van der Waals surface area (Å²) < 4.78 is 0. The normalized spacial score (nSPS) is 14.1. The standard InChI is InChI=1S/C16H26N2O2/c1-5-18(14-9-7-6-8-10-14)12-11-16(4,15(19)20)17-13(2)3/h6-10,13,17H,5,11-12H2,1-4H3,(H,19,20). The molecule has 0 saturated carbocycles. The summed E-state index contributed by atoms with van der Waals surface area (Å²) in [6.45, 7) is 9.35. The minimum absolute atomic E-state index is 0.142. The second-order valence-electron chi connectivity index (χ2n) is 5.60. The first kappa shape index (κ1) is 16.5. The Morgan fingerprint density at radius 2 is 1.95 bits per heavy atom. The highest BCUT2D eigenvalue weighted by Crippen LogP contribution is 2.17. The molecule has 0 fully saturated rings. The zero-order valence-electron chi connectivity index (χ0n) is 12.9. The molecule has 0 saturated heterocycles. The van der Waals surface area contributed by atoms with Gasteiger partial charge in [0.1, 0.15) is 5.54 Å². The maximum atomic E-state index is 11.5. The summed E-state index contributed by atoms with van der Waals surface area (Å²) >= 11 is 0. The Balaban J connectivity index is 2.73. The molecule has 0 spiro atoms. The number of anilines is 1. The van der Waals surface area contributed by atoms with Gasteiger partial charge in [0.2, 0.25) is 0 Å². The van der Waals surface area contributed by atoms with E-state index in [0.717, 1.165) is 12.2 Å². The highest BCUT2D eigenvalue weighted by atomic mass is 16.4. The van der Waals surface area contributed by atoms with Gasteiger partial charge in [-0.05, 0) is 46.2 Å². The Kier molecular flexibility index (Phi) is 6.02. The summed E-state index contributed by atoms with van der Waals surface area (Å²) in [5, 5.41) is 12.6. The average Bonchev–Trinajstić information content (AvgIpc) is 2.39. The van der Waals surface area contributed by atoms with Crippen molar-refractivity contribution in [3.63, 3.8) is 0 Å². The van der Waals surface area contributed by atoms with Crippen molar-refractivity contribution in [2.45, 2.75) is 45.7 Å². The smallest absolute Gasteiger partial charge is 0.323 e. The monoisotopic (exact) mass is 278 g/mol. The summed E-state index contributed by atoms with van der Waals surface area (Å²) in [6, 6.07) is 10.2. The fourth-order valence-corrected chi connectivity index (χ4v) is 2.35. The zero-order chi connectivity index (χ0) is 15.2. The number of aliphatic carboxylic acids is 1. The summed E-state index contributed by atoms with van der Waals surface area (Å²) in [5.74, 6) is -0.796. The molecule has 112 valence electrons. The van der Waals surface area contributed by atoms with Gasteiger partial charge < -0.3 is 10.0 Å². The number of rotatable bonds is 8. The maximum Gasteiger partial charge on any atom is 0.323 e. The van der Waals surface area contributed by atoms with Gasteiger partial charge in [0, 0.05) is 24.8 Å². The summed E-state index contributed by atoms with van der Waals surface area (Å²) in [4.78, 5) is 13.7. The summed E-state index contributed by atoms with van der Waals surface area (Å²) in [5.41, 5.74) is 0.239. The Morgan fingerprint density at radius 1 is 1.35 bits per heavy atom. The van der Waals surface area contributed by atoms with Crippen molar-refractivity contribution >= 4 is 11.7 Å². The van der Waals surface area contributed by atoms with Crippen LogP contribution in [0.3, 0.4) is 0 Å². The van der Waals surface area contributed by atoms with E-state index in [2.05, 4.69) is 29.3 Å². The Morgan fingerprint density at radius 3 is 2.40 bits per heavy atom. The van der Waals surface area contributed by atoms with E-state index >= 15 is 0 Å².